The lowest BCUT2D eigenvalue weighted by Gasteiger charge is -2.31. The van der Waals surface area contributed by atoms with Gasteiger partial charge in [0.15, 0.2) is 0 Å². The summed E-state index contributed by atoms with van der Waals surface area (Å²) in [5.41, 5.74) is 4.71. The van der Waals surface area contributed by atoms with Gasteiger partial charge < -0.3 is 10.2 Å². The van der Waals surface area contributed by atoms with E-state index in [0.29, 0.717) is 6.54 Å². The molecule has 3 aromatic rings. The van der Waals surface area contributed by atoms with Gasteiger partial charge in [-0.1, -0.05) is 54.1 Å². The van der Waals surface area contributed by atoms with E-state index in [1.807, 2.05) is 30.3 Å². The lowest BCUT2D eigenvalue weighted by Crippen LogP contribution is -2.36. The molecule has 0 bridgehead atoms. The zero-order valence-electron chi connectivity index (χ0n) is 14.5. The Labute approximate surface area is 148 Å². The first-order chi connectivity index (χ1) is 12.2. The predicted molar refractivity (Wildman–Crippen MR) is 104 cm³/mol. The molecule has 0 aliphatic carbocycles. The predicted octanol–water partition coefficient (Wildman–Crippen LogP) is 4.54. The summed E-state index contributed by atoms with van der Waals surface area (Å²) in [6.45, 7) is 3.44. The van der Waals surface area contributed by atoms with Gasteiger partial charge in [-0.05, 0) is 42.8 Å². The van der Waals surface area contributed by atoms with Crippen LogP contribution in [0.25, 0.3) is 10.8 Å². The van der Waals surface area contributed by atoms with Crippen LogP contribution in [-0.4, -0.2) is 19.0 Å². The summed E-state index contributed by atoms with van der Waals surface area (Å²) in [5, 5.41) is 5.31. The number of anilines is 2. The maximum atomic E-state index is 12.6. The van der Waals surface area contributed by atoms with Gasteiger partial charge >= 0.3 is 0 Å². The van der Waals surface area contributed by atoms with Gasteiger partial charge in [0.1, 0.15) is 0 Å². The fourth-order valence-corrected chi connectivity index (χ4v) is 3.67. The number of benzene rings is 3. The second kappa shape index (κ2) is 6.60. The number of hydrogen-bond acceptors (Lipinski definition) is 2. The van der Waals surface area contributed by atoms with E-state index in [1.165, 1.54) is 16.8 Å². The van der Waals surface area contributed by atoms with Gasteiger partial charge in [-0.15, -0.1) is 0 Å². The Bertz CT molecular complexity index is 927. The number of aryl methyl sites for hydroxylation is 2. The number of carbonyl (C=O) groups excluding carboxylic acids is 1. The topological polar surface area (TPSA) is 32.3 Å². The van der Waals surface area contributed by atoms with E-state index in [-0.39, 0.29) is 5.91 Å². The first kappa shape index (κ1) is 15.7. The van der Waals surface area contributed by atoms with Gasteiger partial charge in [0.2, 0.25) is 5.91 Å². The van der Waals surface area contributed by atoms with Crippen molar-refractivity contribution in [2.45, 2.75) is 19.8 Å². The van der Waals surface area contributed by atoms with Crippen LogP contribution < -0.4 is 10.2 Å². The molecule has 4 rings (SSSR count). The molecule has 0 aromatic heterocycles. The Morgan fingerprint density at radius 3 is 2.84 bits per heavy atom. The maximum absolute atomic E-state index is 12.6. The number of amides is 1. The summed E-state index contributed by atoms with van der Waals surface area (Å²) in [7, 11) is 0. The molecular weight excluding hydrogens is 308 g/mol. The van der Waals surface area contributed by atoms with Crippen molar-refractivity contribution in [2.24, 2.45) is 0 Å². The minimum Gasteiger partial charge on any atom is -0.362 e. The van der Waals surface area contributed by atoms with Gasteiger partial charge in [-0.25, -0.2) is 0 Å². The zero-order chi connectivity index (χ0) is 17.2. The van der Waals surface area contributed by atoms with Crippen molar-refractivity contribution in [2.75, 3.05) is 23.3 Å². The van der Waals surface area contributed by atoms with Crippen LogP contribution in [-0.2, 0) is 11.2 Å². The summed E-state index contributed by atoms with van der Waals surface area (Å²) in [5.74, 6) is 0.0322. The molecule has 0 saturated heterocycles. The molecule has 25 heavy (non-hydrogen) atoms. The van der Waals surface area contributed by atoms with Crippen LogP contribution in [0, 0.1) is 6.92 Å². The molecule has 0 radical (unpaired) electrons. The number of rotatable bonds is 3. The van der Waals surface area contributed by atoms with E-state index in [0.717, 1.165) is 35.8 Å². The summed E-state index contributed by atoms with van der Waals surface area (Å²) >= 11 is 0. The third kappa shape index (κ3) is 3.22. The molecular formula is C22H22N2O. The Hall–Kier alpha value is -2.81. The lowest BCUT2D eigenvalue weighted by molar-refractivity contribution is -0.115. The van der Waals surface area contributed by atoms with Crippen molar-refractivity contribution >= 4 is 28.1 Å². The molecule has 126 valence electrons. The molecule has 1 amide bonds. The average Bonchev–Trinajstić information content (AvgIpc) is 2.62. The highest BCUT2D eigenvalue weighted by Gasteiger charge is 2.19. The normalized spacial score (nSPS) is 13.6. The highest BCUT2D eigenvalue weighted by atomic mass is 16.2. The number of nitrogens with one attached hydrogen (secondary N) is 1. The number of hydrogen-bond donors (Lipinski definition) is 1. The maximum Gasteiger partial charge on any atom is 0.243 e. The second-order valence-corrected chi connectivity index (χ2v) is 6.73. The Morgan fingerprint density at radius 1 is 1.08 bits per heavy atom. The van der Waals surface area contributed by atoms with Crippen molar-refractivity contribution < 1.29 is 4.79 Å². The SMILES string of the molecule is Cc1ccc2c(c1)CCCN2CC(=O)Nc1cccc2ccccc12. The standard InChI is InChI=1S/C22H22N2O/c1-16-11-12-21-18(14-16)8-5-13-24(21)15-22(25)23-20-10-4-7-17-6-2-3-9-19(17)20/h2-4,6-7,9-12,14H,5,8,13,15H2,1H3,(H,23,25). The Kier molecular flexibility index (Phi) is 4.14. The van der Waals surface area contributed by atoms with Crippen molar-refractivity contribution in [3.05, 3.63) is 71.8 Å². The number of nitrogens with zero attached hydrogens (tertiary/aromatic N) is 1. The fourth-order valence-electron chi connectivity index (χ4n) is 3.67. The average molecular weight is 330 g/mol. The third-order valence-corrected chi connectivity index (χ3v) is 4.85. The molecule has 0 spiro atoms. The summed E-state index contributed by atoms with van der Waals surface area (Å²) in [4.78, 5) is 14.8. The van der Waals surface area contributed by atoms with Crippen LogP contribution in [0.15, 0.2) is 60.7 Å². The summed E-state index contributed by atoms with van der Waals surface area (Å²) in [6.07, 6.45) is 2.19. The lowest BCUT2D eigenvalue weighted by atomic mass is 9.99. The molecule has 1 heterocycles. The molecule has 3 aromatic carbocycles. The highest BCUT2D eigenvalue weighted by molar-refractivity contribution is 6.03. The van der Waals surface area contributed by atoms with Crippen LogP contribution >= 0.6 is 0 Å². The second-order valence-electron chi connectivity index (χ2n) is 6.73. The quantitative estimate of drug-likeness (QED) is 0.765. The zero-order valence-corrected chi connectivity index (χ0v) is 14.5. The van der Waals surface area contributed by atoms with Crippen LogP contribution in [0.4, 0.5) is 11.4 Å². The van der Waals surface area contributed by atoms with E-state index >= 15 is 0 Å². The molecule has 3 heteroatoms. The molecule has 0 saturated carbocycles. The third-order valence-electron chi connectivity index (χ3n) is 4.85. The molecule has 3 nitrogen and oxygen atoms in total. The molecule has 0 unspecified atom stereocenters. The fraction of sp³-hybridized carbons (Fsp3) is 0.227. The van der Waals surface area contributed by atoms with Crippen LogP contribution in [0.5, 0.6) is 0 Å². The van der Waals surface area contributed by atoms with Gasteiger partial charge in [0.05, 0.1) is 6.54 Å². The summed E-state index contributed by atoms with van der Waals surface area (Å²) < 4.78 is 0. The van der Waals surface area contributed by atoms with E-state index < -0.39 is 0 Å². The number of carbonyl (C=O) groups is 1. The first-order valence-electron chi connectivity index (χ1n) is 8.83. The van der Waals surface area contributed by atoms with Crippen LogP contribution in [0.1, 0.15) is 17.5 Å². The van der Waals surface area contributed by atoms with E-state index in [1.54, 1.807) is 0 Å². The summed E-state index contributed by atoms with van der Waals surface area (Å²) in [6, 6.07) is 20.7. The van der Waals surface area contributed by atoms with Gasteiger partial charge in [-0.3, -0.25) is 4.79 Å². The van der Waals surface area contributed by atoms with Gasteiger partial charge in [-0.2, -0.15) is 0 Å². The highest BCUT2D eigenvalue weighted by Crippen LogP contribution is 2.28. The molecule has 1 N–H and O–H groups in total. The first-order valence-corrected chi connectivity index (χ1v) is 8.83. The number of fused-ring (bicyclic) bond motifs is 2. The van der Waals surface area contributed by atoms with E-state index in [9.17, 15) is 4.79 Å². The Morgan fingerprint density at radius 2 is 1.92 bits per heavy atom. The minimum absolute atomic E-state index is 0.0322. The van der Waals surface area contributed by atoms with Crippen molar-refractivity contribution in [3.63, 3.8) is 0 Å². The van der Waals surface area contributed by atoms with Crippen LogP contribution in [0.3, 0.4) is 0 Å². The van der Waals surface area contributed by atoms with E-state index in [2.05, 4.69) is 47.5 Å². The Balaban J connectivity index is 1.53. The van der Waals surface area contributed by atoms with Gasteiger partial charge in [0, 0.05) is 23.3 Å². The minimum atomic E-state index is 0.0322. The van der Waals surface area contributed by atoms with Crippen LogP contribution in [0.2, 0.25) is 0 Å². The molecule has 1 aliphatic heterocycles. The molecule has 0 fully saturated rings. The van der Waals surface area contributed by atoms with Crippen molar-refractivity contribution in [1.82, 2.24) is 0 Å². The molecule has 1 aliphatic rings. The monoisotopic (exact) mass is 330 g/mol. The van der Waals surface area contributed by atoms with E-state index in [4.69, 9.17) is 0 Å². The van der Waals surface area contributed by atoms with Crippen molar-refractivity contribution in [1.29, 1.82) is 0 Å². The van der Waals surface area contributed by atoms with Crippen molar-refractivity contribution in [3.8, 4) is 0 Å². The van der Waals surface area contributed by atoms with Gasteiger partial charge in [0.25, 0.3) is 0 Å². The smallest absolute Gasteiger partial charge is 0.243 e. The largest absolute Gasteiger partial charge is 0.362 e. The molecule has 0 atom stereocenters.